The molecule has 0 fully saturated rings. The maximum absolute atomic E-state index is 13.0. The summed E-state index contributed by atoms with van der Waals surface area (Å²) in [6.07, 6.45) is 0. The number of aryl methyl sites for hydroxylation is 1. The number of thiazole rings is 1. The van der Waals surface area contributed by atoms with Gasteiger partial charge < -0.3 is 0 Å². The Morgan fingerprint density at radius 1 is 1.26 bits per heavy atom. The third kappa shape index (κ3) is 2.63. The Hall–Kier alpha value is -1.82. The molecule has 0 aliphatic heterocycles. The van der Waals surface area contributed by atoms with Crippen LogP contribution in [0.25, 0.3) is 0 Å². The molecule has 19 heavy (non-hydrogen) atoms. The maximum atomic E-state index is 13.0. The minimum atomic E-state index is -1.07. The van der Waals surface area contributed by atoms with Crippen molar-refractivity contribution in [1.82, 2.24) is 4.57 Å². The molecule has 1 aromatic heterocycles. The highest BCUT2D eigenvalue weighted by Gasteiger charge is 2.14. The van der Waals surface area contributed by atoms with Crippen LogP contribution in [0, 0.1) is 25.5 Å². The molecule has 0 bridgehead atoms. The van der Waals surface area contributed by atoms with Gasteiger partial charge in [0.2, 0.25) is 0 Å². The predicted octanol–water partition coefficient (Wildman–Crippen LogP) is 2.69. The molecule has 1 heterocycles. The number of hydrogen-bond donors (Lipinski definition) is 0. The summed E-state index contributed by atoms with van der Waals surface area (Å²) in [5, 5.41) is 0. The van der Waals surface area contributed by atoms with Gasteiger partial charge in [0.15, 0.2) is 17.4 Å². The van der Waals surface area contributed by atoms with E-state index in [0.29, 0.717) is 5.69 Å². The summed E-state index contributed by atoms with van der Waals surface area (Å²) in [6, 6.07) is 2.95. The summed E-state index contributed by atoms with van der Waals surface area (Å²) in [4.78, 5) is 24.2. The number of halogens is 2. The number of hydrogen-bond acceptors (Lipinski definition) is 3. The molecular weight excluding hydrogens is 272 g/mol. The van der Waals surface area contributed by atoms with Gasteiger partial charge in [-0.2, -0.15) is 0 Å². The Morgan fingerprint density at radius 2 is 1.95 bits per heavy atom. The highest BCUT2D eigenvalue weighted by molar-refractivity contribution is 7.09. The van der Waals surface area contributed by atoms with Gasteiger partial charge in [-0.15, -0.1) is 0 Å². The molecule has 0 N–H and O–H groups in total. The number of carbonyl (C=O) groups excluding carboxylic acids is 1. The minimum Gasteiger partial charge on any atom is -0.295 e. The lowest BCUT2D eigenvalue weighted by molar-refractivity contribution is 0.0970. The van der Waals surface area contributed by atoms with Crippen LogP contribution in [0.4, 0.5) is 8.78 Å². The van der Waals surface area contributed by atoms with Crippen molar-refractivity contribution in [3.63, 3.8) is 0 Å². The van der Waals surface area contributed by atoms with Crippen molar-refractivity contribution in [3.05, 3.63) is 55.6 Å². The Kier molecular flexibility index (Phi) is 3.61. The number of Topliss-reactive ketones (excluding diaryl/α,β-unsaturated/α-hetero) is 1. The van der Waals surface area contributed by atoms with Crippen LogP contribution >= 0.6 is 11.3 Å². The van der Waals surface area contributed by atoms with Gasteiger partial charge in [-0.25, -0.2) is 8.78 Å². The first-order valence-corrected chi connectivity index (χ1v) is 6.37. The van der Waals surface area contributed by atoms with Gasteiger partial charge >= 0.3 is 4.87 Å². The molecular formula is C13H11F2NO2S. The summed E-state index contributed by atoms with van der Waals surface area (Å²) >= 11 is 1.06. The molecule has 0 aliphatic carbocycles. The van der Waals surface area contributed by atoms with Crippen molar-refractivity contribution in [2.75, 3.05) is 0 Å². The third-order valence-corrected chi connectivity index (χ3v) is 3.92. The Morgan fingerprint density at radius 3 is 2.47 bits per heavy atom. The normalized spacial score (nSPS) is 10.7. The van der Waals surface area contributed by atoms with E-state index in [0.717, 1.165) is 28.3 Å². The number of benzene rings is 1. The van der Waals surface area contributed by atoms with E-state index in [1.54, 1.807) is 13.8 Å². The van der Waals surface area contributed by atoms with Gasteiger partial charge in [-0.05, 0) is 32.0 Å². The zero-order valence-corrected chi connectivity index (χ0v) is 11.2. The summed E-state index contributed by atoms with van der Waals surface area (Å²) < 4.78 is 27.2. The fourth-order valence-corrected chi connectivity index (χ4v) is 2.51. The second kappa shape index (κ2) is 5.05. The van der Waals surface area contributed by atoms with Crippen molar-refractivity contribution in [1.29, 1.82) is 0 Å². The van der Waals surface area contributed by atoms with Crippen LogP contribution in [0.2, 0.25) is 0 Å². The minimum absolute atomic E-state index is 0.0500. The van der Waals surface area contributed by atoms with Crippen LogP contribution in [0.15, 0.2) is 23.0 Å². The van der Waals surface area contributed by atoms with Crippen LogP contribution in [0.1, 0.15) is 20.9 Å². The van der Waals surface area contributed by atoms with Gasteiger partial charge in [-0.3, -0.25) is 14.2 Å². The largest absolute Gasteiger partial charge is 0.307 e. The van der Waals surface area contributed by atoms with E-state index in [1.807, 2.05) is 0 Å². The molecule has 2 rings (SSSR count). The molecule has 2 aromatic rings. The lowest BCUT2D eigenvalue weighted by Crippen LogP contribution is -2.20. The van der Waals surface area contributed by atoms with Crippen molar-refractivity contribution in [2.45, 2.75) is 20.4 Å². The molecule has 6 heteroatoms. The van der Waals surface area contributed by atoms with E-state index < -0.39 is 17.4 Å². The molecule has 1 aromatic carbocycles. The summed E-state index contributed by atoms with van der Waals surface area (Å²) in [7, 11) is 0. The van der Waals surface area contributed by atoms with Crippen LogP contribution in [-0.2, 0) is 6.54 Å². The van der Waals surface area contributed by atoms with Crippen molar-refractivity contribution < 1.29 is 13.6 Å². The molecule has 0 spiro atoms. The van der Waals surface area contributed by atoms with Crippen molar-refractivity contribution >= 4 is 17.1 Å². The Balaban J connectivity index is 2.30. The quantitative estimate of drug-likeness (QED) is 0.812. The van der Waals surface area contributed by atoms with Gasteiger partial charge in [-0.1, -0.05) is 11.3 Å². The number of ketones is 1. The van der Waals surface area contributed by atoms with E-state index in [9.17, 15) is 18.4 Å². The third-order valence-electron chi connectivity index (χ3n) is 2.92. The van der Waals surface area contributed by atoms with Gasteiger partial charge in [0, 0.05) is 16.1 Å². The first kappa shape index (κ1) is 13.6. The van der Waals surface area contributed by atoms with Gasteiger partial charge in [0.05, 0.1) is 6.54 Å². The van der Waals surface area contributed by atoms with Crippen LogP contribution in [0.3, 0.4) is 0 Å². The zero-order chi connectivity index (χ0) is 14.2. The average Bonchev–Trinajstić information content (AvgIpc) is 2.59. The number of rotatable bonds is 3. The fraction of sp³-hybridized carbons (Fsp3) is 0.231. The smallest absolute Gasteiger partial charge is 0.295 e. The molecule has 0 aliphatic rings. The van der Waals surface area contributed by atoms with E-state index in [-0.39, 0.29) is 17.0 Å². The molecule has 0 saturated heterocycles. The molecule has 0 radical (unpaired) electrons. The van der Waals surface area contributed by atoms with E-state index in [1.165, 1.54) is 10.6 Å². The van der Waals surface area contributed by atoms with E-state index >= 15 is 0 Å². The number of nitrogens with zero attached hydrogens (tertiary/aromatic N) is 1. The standard InChI is InChI=1S/C13H11F2NO2S/c1-7-8(2)19-13(18)16(7)6-12(17)9-3-4-10(14)11(15)5-9/h3-5H,6H2,1-2H3. The van der Waals surface area contributed by atoms with Gasteiger partial charge in [0.1, 0.15) is 0 Å². The molecule has 0 amide bonds. The molecule has 0 atom stereocenters. The molecule has 100 valence electrons. The Labute approximate surface area is 112 Å². The van der Waals surface area contributed by atoms with Crippen LogP contribution in [-0.4, -0.2) is 10.4 Å². The predicted molar refractivity (Wildman–Crippen MR) is 68.7 cm³/mol. The Bertz CT molecular complexity index is 703. The summed E-state index contributed by atoms with van der Waals surface area (Å²) in [6.45, 7) is 3.37. The zero-order valence-electron chi connectivity index (χ0n) is 10.4. The fourth-order valence-electron chi connectivity index (χ4n) is 1.67. The van der Waals surface area contributed by atoms with Crippen LogP contribution < -0.4 is 4.87 Å². The summed E-state index contributed by atoms with van der Waals surface area (Å²) in [5.74, 6) is -2.51. The highest BCUT2D eigenvalue weighted by atomic mass is 32.1. The molecule has 0 unspecified atom stereocenters. The lowest BCUT2D eigenvalue weighted by atomic mass is 10.1. The molecule has 0 saturated carbocycles. The molecule has 3 nitrogen and oxygen atoms in total. The summed E-state index contributed by atoms with van der Waals surface area (Å²) in [5.41, 5.74) is 0.764. The first-order valence-electron chi connectivity index (χ1n) is 5.55. The van der Waals surface area contributed by atoms with Crippen molar-refractivity contribution in [2.24, 2.45) is 0 Å². The number of carbonyl (C=O) groups is 1. The first-order chi connectivity index (χ1) is 8.90. The monoisotopic (exact) mass is 283 g/mol. The average molecular weight is 283 g/mol. The van der Waals surface area contributed by atoms with E-state index in [4.69, 9.17) is 0 Å². The lowest BCUT2D eigenvalue weighted by Gasteiger charge is -2.05. The second-order valence-corrected chi connectivity index (χ2v) is 5.31. The van der Waals surface area contributed by atoms with Gasteiger partial charge in [0.25, 0.3) is 0 Å². The number of aromatic nitrogens is 1. The van der Waals surface area contributed by atoms with Crippen LogP contribution in [0.5, 0.6) is 0 Å². The van der Waals surface area contributed by atoms with Crippen molar-refractivity contribution in [3.8, 4) is 0 Å². The highest BCUT2D eigenvalue weighted by Crippen LogP contribution is 2.13. The second-order valence-electron chi connectivity index (χ2n) is 4.15. The maximum Gasteiger partial charge on any atom is 0.307 e. The van der Waals surface area contributed by atoms with E-state index in [2.05, 4.69) is 0 Å². The topological polar surface area (TPSA) is 39.1 Å². The SMILES string of the molecule is Cc1sc(=O)n(CC(=O)c2ccc(F)c(F)c2)c1C.